The molecular formula is C17H25N3O2S. The maximum Gasteiger partial charge on any atom is 0.229 e. The van der Waals surface area contributed by atoms with Crippen molar-refractivity contribution in [3.05, 3.63) is 10.6 Å². The largest absolute Gasteiger partial charge is 0.337 e. The molecule has 2 aliphatic rings. The average Bonchev–Trinajstić information content (AvgIpc) is 2.87. The van der Waals surface area contributed by atoms with E-state index in [0.717, 1.165) is 55.6 Å². The lowest BCUT2D eigenvalue weighted by atomic mass is 9.85. The summed E-state index contributed by atoms with van der Waals surface area (Å²) < 4.78 is 0. The van der Waals surface area contributed by atoms with Crippen molar-refractivity contribution < 1.29 is 9.59 Å². The van der Waals surface area contributed by atoms with E-state index in [9.17, 15) is 9.59 Å². The summed E-state index contributed by atoms with van der Waals surface area (Å²) in [4.78, 5) is 32.2. The standard InChI is InChI=1S/C17H25N3O2S/c1-3-11(4-2)16(22)20-9-8-13-14(10-20)23-17(18-13)19-15(21)12-6-5-7-12/h11-12H,3-10H2,1-2H3,(H,18,19,21). The summed E-state index contributed by atoms with van der Waals surface area (Å²) in [5, 5.41) is 3.65. The topological polar surface area (TPSA) is 62.3 Å². The Hall–Kier alpha value is -1.43. The van der Waals surface area contributed by atoms with Gasteiger partial charge < -0.3 is 10.2 Å². The highest BCUT2D eigenvalue weighted by Gasteiger charge is 2.29. The number of nitrogens with zero attached hydrogens (tertiary/aromatic N) is 2. The van der Waals surface area contributed by atoms with Gasteiger partial charge in [-0.25, -0.2) is 4.98 Å². The van der Waals surface area contributed by atoms with Gasteiger partial charge in [-0.05, 0) is 25.7 Å². The van der Waals surface area contributed by atoms with Crippen molar-refractivity contribution in [1.29, 1.82) is 0 Å². The summed E-state index contributed by atoms with van der Waals surface area (Å²) in [5.74, 6) is 0.660. The number of aromatic nitrogens is 1. The van der Waals surface area contributed by atoms with Gasteiger partial charge in [-0.15, -0.1) is 0 Å². The molecular weight excluding hydrogens is 310 g/mol. The van der Waals surface area contributed by atoms with Crippen LogP contribution in [0.15, 0.2) is 0 Å². The van der Waals surface area contributed by atoms with Crippen LogP contribution in [0.3, 0.4) is 0 Å². The first-order valence-electron chi connectivity index (χ1n) is 8.70. The van der Waals surface area contributed by atoms with Crippen molar-refractivity contribution in [2.45, 2.75) is 58.9 Å². The molecule has 0 spiro atoms. The zero-order valence-corrected chi connectivity index (χ0v) is 14.7. The van der Waals surface area contributed by atoms with E-state index in [-0.39, 0.29) is 23.7 Å². The summed E-state index contributed by atoms with van der Waals surface area (Å²) in [6, 6.07) is 0. The van der Waals surface area contributed by atoms with Gasteiger partial charge in [0, 0.05) is 29.7 Å². The molecule has 0 aromatic carbocycles. The second-order valence-electron chi connectivity index (χ2n) is 6.53. The molecule has 126 valence electrons. The lowest BCUT2D eigenvalue weighted by molar-refractivity contribution is -0.136. The van der Waals surface area contributed by atoms with Crippen molar-refractivity contribution in [3.8, 4) is 0 Å². The van der Waals surface area contributed by atoms with E-state index in [1.54, 1.807) is 0 Å². The molecule has 1 aliphatic carbocycles. The minimum Gasteiger partial charge on any atom is -0.337 e. The average molecular weight is 335 g/mol. The zero-order valence-electron chi connectivity index (χ0n) is 13.9. The van der Waals surface area contributed by atoms with E-state index in [1.165, 1.54) is 11.3 Å². The highest BCUT2D eigenvalue weighted by Crippen LogP contribution is 2.32. The Kier molecular flexibility index (Phi) is 4.99. The predicted molar refractivity (Wildman–Crippen MR) is 91.3 cm³/mol. The molecule has 1 aromatic rings. The van der Waals surface area contributed by atoms with Crippen LogP contribution in [0.2, 0.25) is 0 Å². The van der Waals surface area contributed by atoms with Gasteiger partial charge in [0.2, 0.25) is 11.8 Å². The van der Waals surface area contributed by atoms with Crippen LogP contribution in [0.1, 0.15) is 56.5 Å². The lowest BCUT2D eigenvalue weighted by Crippen LogP contribution is -2.39. The van der Waals surface area contributed by atoms with Crippen molar-refractivity contribution >= 4 is 28.3 Å². The summed E-state index contributed by atoms with van der Waals surface area (Å²) in [6.45, 7) is 5.52. The molecule has 1 fully saturated rings. The molecule has 6 heteroatoms. The maximum atomic E-state index is 12.5. The number of nitrogens with one attached hydrogen (secondary N) is 1. The Morgan fingerprint density at radius 1 is 1.35 bits per heavy atom. The van der Waals surface area contributed by atoms with Gasteiger partial charge in [-0.2, -0.15) is 0 Å². The third-order valence-corrected chi connectivity index (χ3v) is 6.08. The summed E-state index contributed by atoms with van der Waals surface area (Å²) >= 11 is 1.53. The van der Waals surface area contributed by atoms with Crippen LogP contribution < -0.4 is 5.32 Å². The molecule has 5 nitrogen and oxygen atoms in total. The van der Waals surface area contributed by atoms with Crippen molar-refractivity contribution in [2.24, 2.45) is 11.8 Å². The molecule has 23 heavy (non-hydrogen) atoms. The second kappa shape index (κ2) is 6.99. The summed E-state index contributed by atoms with van der Waals surface area (Å²) in [7, 11) is 0. The Morgan fingerprint density at radius 3 is 2.70 bits per heavy atom. The van der Waals surface area contributed by atoms with Crippen LogP contribution in [-0.2, 0) is 22.6 Å². The SMILES string of the molecule is CCC(CC)C(=O)N1CCc2nc(NC(=O)C3CCC3)sc2C1. The second-order valence-corrected chi connectivity index (χ2v) is 7.61. The minimum atomic E-state index is 0.104. The Bertz CT molecular complexity index is 591. The number of carbonyl (C=O) groups is 2. The van der Waals surface area contributed by atoms with E-state index in [0.29, 0.717) is 11.7 Å². The van der Waals surface area contributed by atoms with Crippen LogP contribution >= 0.6 is 11.3 Å². The molecule has 2 amide bonds. The highest BCUT2D eigenvalue weighted by molar-refractivity contribution is 7.15. The van der Waals surface area contributed by atoms with E-state index < -0.39 is 0 Å². The van der Waals surface area contributed by atoms with Gasteiger partial charge in [-0.3, -0.25) is 9.59 Å². The fraction of sp³-hybridized carbons (Fsp3) is 0.706. The minimum absolute atomic E-state index is 0.104. The van der Waals surface area contributed by atoms with Crippen molar-refractivity contribution in [3.63, 3.8) is 0 Å². The summed E-state index contributed by atoms with van der Waals surface area (Å²) in [5.41, 5.74) is 1.05. The van der Waals surface area contributed by atoms with Gasteiger partial charge in [0.15, 0.2) is 5.13 Å². The quantitative estimate of drug-likeness (QED) is 0.899. The molecule has 1 saturated carbocycles. The third-order valence-electron chi connectivity index (χ3n) is 5.08. The Morgan fingerprint density at radius 2 is 2.09 bits per heavy atom. The molecule has 1 aromatic heterocycles. The first-order valence-corrected chi connectivity index (χ1v) is 9.52. The van der Waals surface area contributed by atoms with Crippen LogP contribution in [0.5, 0.6) is 0 Å². The predicted octanol–water partition coefficient (Wildman–Crippen LogP) is 3.20. The number of anilines is 1. The van der Waals surface area contributed by atoms with E-state index in [1.807, 2.05) is 4.90 Å². The summed E-state index contributed by atoms with van der Waals surface area (Å²) in [6.07, 6.45) is 5.72. The van der Waals surface area contributed by atoms with Gasteiger partial charge >= 0.3 is 0 Å². The number of rotatable bonds is 5. The Balaban J connectivity index is 1.64. The number of fused-ring (bicyclic) bond motifs is 1. The lowest BCUT2D eigenvalue weighted by Gasteiger charge is -2.29. The van der Waals surface area contributed by atoms with E-state index in [2.05, 4.69) is 24.1 Å². The number of carbonyl (C=O) groups excluding carboxylic acids is 2. The number of amides is 2. The van der Waals surface area contributed by atoms with Crippen molar-refractivity contribution in [1.82, 2.24) is 9.88 Å². The molecule has 3 rings (SSSR count). The fourth-order valence-corrected chi connectivity index (χ4v) is 4.24. The molecule has 0 bridgehead atoms. The molecule has 0 atom stereocenters. The van der Waals surface area contributed by atoms with Crippen LogP contribution in [0.4, 0.5) is 5.13 Å². The monoisotopic (exact) mass is 335 g/mol. The van der Waals surface area contributed by atoms with Gasteiger partial charge in [0.25, 0.3) is 0 Å². The number of hydrogen-bond acceptors (Lipinski definition) is 4. The first kappa shape index (κ1) is 16.4. The molecule has 2 heterocycles. The van der Waals surface area contributed by atoms with E-state index in [4.69, 9.17) is 0 Å². The number of thiazole rings is 1. The third kappa shape index (κ3) is 3.42. The molecule has 0 saturated heterocycles. The smallest absolute Gasteiger partial charge is 0.229 e. The Labute approximate surface area is 141 Å². The fourth-order valence-electron chi connectivity index (χ4n) is 3.21. The van der Waals surface area contributed by atoms with Crippen molar-refractivity contribution in [2.75, 3.05) is 11.9 Å². The van der Waals surface area contributed by atoms with E-state index >= 15 is 0 Å². The van der Waals surface area contributed by atoms with Crippen LogP contribution in [0, 0.1) is 11.8 Å². The normalized spacial score (nSPS) is 17.8. The first-order chi connectivity index (χ1) is 11.1. The zero-order chi connectivity index (χ0) is 16.4. The van der Waals surface area contributed by atoms with Gasteiger partial charge in [0.1, 0.15) is 0 Å². The molecule has 1 N–H and O–H groups in total. The van der Waals surface area contributed by atoms with Gasteiger partial charge in [0.05, 0.1) is 12.2 Å². The molecule has 1 aliphatic heterocycles. The molecule has 0 unspecified atom stereocenters. The molecule has 0 radical (unpaired) electrons. The highest BCUT2D eigenvalue weighted by atomic mass is 32.1. The van der Waals surface area contributed by atoms with Gasteiger partial charge in [-0.1, -0.05) is 31.6 Å². The van der Waals surface area contributed by atoms with Crippen LogP contribution in [-0.4, -0.2) is 28.2 Å². The maximum absolute atomic E-state index is 12.5. The number of hydrogen-bond donors (Lipinski definition) is 1. The van der Waals surface area contributed by atoms with Crippen LogP contribution in [0.25, 0.3) is 0 Å².